The second kappa shape index (κ2) is 10.8. The highest BCUT2D eigenvalue weighted by Gasteiger charge is 2.24. The van der Waals surface area contributed by atoms with Gasteiger partial charge in [-0.2, -0.15) is 0 Å². The first-order valence-electron chi connectivity index (χ1n) is 13.5. The zero-order valence-electron chi connectivity index (χ0n) is 23.7. The Morgan fingerprint density at radius 3 is 1.31 bits per heavy atom. The average molecular weight is 539 g/mol. The van der Waals surface area contributed by atoms with Gasteiger partial charge in [-0.15, -0.1) is 11.3 Å². The van der Waals surface area contributed by atoms with Crippen LogP contribution >= 0.6 is 11.3 Å². The Labute approximate surface area is 236 Å². The summed E-state index contributed by atoms with van der Waals surface area (Å²) in [5.41, 5.74) is 6.72. The lowest BCUT2D eigenvalue weighted by Crippen LogP contribution is -2.11. The maximum atomic E-state index is 6.35. The molecule has 3 aromatic heterocycles. The van der Waals surface area contributed by atoms with Crippen molar-refractivity contribution in [3.63, 3.8) is 0 Å². The van der Waals surface area contributed by atoms with Gasteiger partial charge in [-0.3, -0.25) is 0 Å². The van der Waals surface area contributed by atoms with Crippen molar-refractivity contribution >= 4 is 11.3 Å². The van der Waals surface area contributed by atoms with E-state index in [9.17, 15) is 0 Å². The number of H-pyrrole nitrogens is 2. The number of aromatic amines is 2. The summed E-state index contributed by atoms with van der Waals surface area (Å²) in [6.07, 6.45) is 0. The van der Waals surface area contributed by atoms with Gasteiger partial charge in [0.1, 0.15) is 13.2 Å². The number of hydrogen-bond acceptors (Lipinski definition) is 3. The van der Waals surface area contributed by atoms with Crippen LogP contribution in [0.1, 0.15) is 64.1 Å². The van der Waals surface area contributed by atoms with Gasteiger partial charge in [-0.25, -0.2) is 0 Å². The van der Waals surface area contributed by atoms with E-state index >= 15 is 0 Å². The first kappa shape index (κ1) is 26.9. The molecule has 0 radical (unpaired) electrons. The quantitative estimate of drug-likeness (QED) is 0.207. The van der Waals surface area contributed by atoms with E-state index in [4.69, 9.17) is 9.47 Å². The van der Waals surface area contributed by atoms with Crippen LogP contribution in [0, 0.1) is 0 Å². The molecule has 4 nitrogen and oxygen atoms in total. The molecule has 0 bridgehead atoms. The molecule has 0 fully saturated rings. The summed E-state index contributed by atoms with van der Waals surface area (Å²) in [7, 11) is 0. The van der Waals surface area contributed by atoms with E-state index in [-0.39, 0.29) is 10.8 Å². The van der Waals surface area contributed by atoms with Gasteiger partial charge in [0, 0.05) is 32.0 Å². The van der Waals surface area contributed by atoms with Crippen molar-refractivity contribution in [1.82, 2.24) is 9.97 Å². The van der Waals surface area contributed by atoms with Crippen LogP contribution in [0.4, 0.5) is 0 Å². The molecule has 202 valence electrons. The maximum Gasteiger partial charge on any atom is 0.200 e. The van der Waals surface area contributed by atoms with Crippen molar-refractivity contribution in [2.75, 3.05) is 0 Å². The molecular weight excluding hydrogens is 500 g/mol. The number of hydrogen-bond donors (Lipinski definition) is 2. The number of ether oxygens (including phenoxy) is 2. The van der Waals surface area contributed by atoms with Crippen LogP contribution in [0.15, 0.2) is 84.9 Å². The zero-order valence-corrected chi connectivity index (χ0v) is 24.5. The lowest BCUT2D eigenvalue weighted by Gasteiger charge is -2.15. The van der Waals surface area contributed by atoms with Crippen LogP contribution in [0.2, 0.25) is 0 Å². The Morgan fingerprint density at radius 1 is 0.564 bits per heavy atom. The van der Waals surface area contributed by atoms with Crippen molar-refractivity contribution in [1.29, 1.82) is 0 Å². The van der Waals surface area contributed by atoms with Crippen LogP contribution in [0.5, 0.6) is 11.8 Å². The van der Waals surface area contributed by atoms with Crippen molar-refractivity contribution in [2.24, 2.45) is 0 Å². The van der Waals surface area contributed by atoms with Crippen molar-refractivity contribution in [3.05, 3.63) is 107 Å². The van der Waals surface area contributed by atoms with Crippen LogP contribution < -0.4 is 9.47 Å². The van der Waals surface area contributed by atoms with Gasteiger partial charge in [0.25, 0.3) is 0 Å². The second-order valence-corrected chi connectivity index (χ2v) is 13.1. The summed E-state index contributed by atoms with van der Waals surface area (Å²) < 4.78 is 12.7. The van der Waals surface area contributed by atoms with Gasteiger partial charge >= 0.3 is 0 Å². The molecule has 0 saturated heterocycles. The Bertz CT molecular complexity index is 1400. The lowest BCUT2D eigenvalue weighted by molar-refractivity contribution is 0.295. The molecule has 0 saturated carbocycles. The fourth-order valence-electron chi connectivity index (χ4n) is 4.36. The van der Waals surface area contributed by atoms with Gasteiger partial charge in [0.2, 0.25) is 0 Å². The summed E-state index contributed by atoms with van der Waals surface area (Å²) in [5, 5.41) is 0. The van der Waals surface area contributed by atoms with Crippen LogP contribution in [0.25, 0.3) is 20.9 Å². The minimum absolute atomic E-state index is 0.0239. The number of benzene rings is 2. The molecule has 2 N–H and O–H groups in total. The summed E-state index contributed by atoms with van der Waals surface area (Å²) in [6.45, 7) is 14.3. The summed E-state index contributed by atoms with van der Waals surface area (Å²) in [5.74, 6) is 1.62. The first-order valence-corrected chi connectivity index (χ1v) is 14.3. The fraction of sp³-hybridized carbons (Fsp3) is 0.294. The van der Waals surface area contributed by atoms with Gasteiger partial charge in [0.05, 0.1) is 11.1 Å². The normalized spacial score (nSPS) is 12.1. The van der Waals surface area contributed by atoms with Crippen molar-refractivity contribution in [2.45, 2.75) is 65.6 Å². The van der Waals surface area contributed by atoms with Crippen LogP contribution in [0.3, 0.4) is 0 Å². The molecule has 0 aliphatic rings. The van der Waals surface area contributed by atoms with Crippen molar-refractivity contribution in [3.8, 4) is 32.6 Å². The smallest absolute Gasteiger partial charge is 0.200 e. The fourth-order valence-corrected chi connectivity index (χ4v) is 5.39. The molecule has 0 spiro atoms. The number of nitrogens with one attached hydrogen (secondary N) is 2. The van der Waals surface area contributed by atoms with Gasteiger partial charge in [-0.1, -0.05) is 102 Å². The molecule has 2 aromatic carbocycles. The summed E-state index contributed by atoms with van der Waals surface area (Å²) in [4.78, 5) is 9.45. The highest BCUT2D eigenvalue weighted by atomic mass is 32.1. The Balaban J connectivity index is 1.47. The summed E-state index contributed by atoms with van der Waals surface area (Å²) in [6, 6.07) is 29.4. The van der Waals surface area contributed by atoms with Gasteiger partial charge in [-0.05, 0) is 35.4 Å². The second-order valence-electron chi connectivity index (χ2n) is 12.1. The van der Waals surface area contributed by atoms with E-state index in [0.29, 0.717) is 13.2 Å². The third-order valence-electron chi connectivity index (χ3n) is 6.77. The number of thiophene rings is 1. The average Bonchev–Trinajstić information content (AvgIpc) is 3.65. The Hall–Kier alpha value is -3.70. The Kier molecular flexibility index (Phi) is 7.46. The molecule has 5 aromatic rings. The molecule has 3 heterocycles. The lowest BCUT2D eigenvalue weighted by atomic mass is 9.92. The predicted molar refractivity (Wildman–Crippen MR) is 163 cm³/mol. The first-order chi connectivity index (χ1) is 18.6. The van der Waals surface area contributed by atoms with Crippen molar-refractivity contribution < 1.29 is 9.47 Å². The Morgan fingerprint density at radius 2 is 0.949 bits per heavy atom. The van der Waals surface area contributed by atoms with E-state index in [1.807, 2.05) is 36.4 Å². The number of rotatable bonds is 8. The third-order valence-corrected chi connectivity index (χ3v) is 7.92. The highest BCUT2D eigenvalue weighted by Crippen LogP contribution is 2.44. The van der Waals surface area contributed by atoms with E-state index < -0.39 is 0 Å². The van der Waals surface area contributed by atoms with Gasteiger partial charge in [0.15, 0.2) is 11.8 Å². The molecule has 0 aliphatic heterocycles. The van der Waals surface area contributed by atoms with Crippen LogP contribution in [-0.2, 0) is 24.0 Å². The molecule has 0 unspecified atom stereocenters. The molecule has 5 rings (SSSR count). The van der Waals surface area contributed by atoms with Crippen LogP contribution in [-0.4, -0.2) is 9.97 Å². The number of aromatic nitrogens is 2. The van der Waals surface area contributed by atoms with E-state index in [0.717, 1.165) is 55.2 Å². The van der Waals surface area contributed by atoms with E-state index in [1.165, 1.54) is 0 Å². The third kappa shape index (κ3) is 6.31. The SMILES string of the molecule is CC(C)(C)c1cc(-c2ccc(-c3cc(C(C)(C)C)[nH]c3OCc3ccccc3)s2)c(OCc2ccccc2)[nH]1. The maximum absolute atomic E-state index is 6.35. The minimum Gasteiger partial charge on any atom is -0.474 e. The molecule has 39 heavy (non-hydrogen) atoms. The van der Waals surface area contributed by atoms with E-state index in [1.54, 1.807) is 11.3 Å². The zero-order chi connectivity index (χ0) is 27.6. The minimum atomic E-state index is -0.0239. The standard InChI is InChI=1S/C34H38N2O2S/c1-33(2,3)29-19-25(31(35-29)37-21-23-13-9-7-10-14-23)27-17-18-28(39-27)26-20-30(34(4,5)6)36-32(26)38-22-24-15-11-8-12-16-24/h7-20,35-36H,21-22H2,1-6H3. The highest BCUT2D eigenvalue weighted by molar-refractivity contribution is 7.18. The largest absolute Gasteiger partial charge is 0.474 e. The monoisotopic (exact) mass is 538 g/mol. The van der Waals surface area contributed by atoms with E-state index in [2.05, 4.69) is 100 Å². The van der Waals surface area contributed by atoms with Gasteiger partial charge < -0.3 is 19.4 Å². The molecular formula is C34H38N2O2S. The molecule has 0 amide bonds. The molecule has 0 aliphatic carbocycles. The molecule has 5 heteroatoms. The topological polar surface area (TPSA) is 50.0 Å². The predicted octanol–water partition coefficient (Wildman–Crippen LogP) is 9.49. The summed E-state index contributed by atoms with van der Waals surface area (Å²) >= 11 is 1.76. The molecule has 0 atom stereocenters.